The van der Waals surface area contributed by atoms with E-state index in [4.69, 9.17) is 4.52 Å². The average Bonchev–Trinajstić information content (AvgIpc) is 2.87. The second-order valence-corrected chi connectivity index (χ2v) is 5.68. The summed E-state index contributed by atoms with van der Waals surface area (Å²) in [4.78, 5) is 20.0. The van der Waals surface area contributed by atoms with Crippen molar-refractivity contribution in [1.29, 1.82) is 0 Å². The highest BCUT2D eigenvalue weighted by Crippen LogP contribution is 2.44. The van der Waals surface area contributed by atoms with Gasteiger partial charge in [0, 0.05) is 4.88 Å². The zero-order chi connectivity index (χ0) is 13.2. The summed E-state index contributed by atoms with van der Waals surface area (Å²) in [5.74, 6) is 1.05. The fourth-order valence-electron chi connectivity index (χ4n) is 2.47. The Bertz CT molecular complexity index is 653. The largest absolute Gasteiger partial charge is 0.334 e. The summed E-state index contributed by atoms with van der Waals surface area (Å²) in [6.45, 7) is 1.78. The SMILES string of the molecule is Cc1noc(-c2c(N=C=O)sc3c2CCCCC3)n1. The fourth-order valence-corrected chi connectivity index (χ4v) is 3.67. The van der Waals surface area contributed by atoms with E-state index in [2.05, 4.69) is 15.1 Å². The van der Waals surface area contributed by atoms with Crippen LogP contribution in [0.25, 0.3) is 11.5 Å². The molecule has 0 N–H and O–H groups in total. The number of isocyanates is 1. The molecule has 5 nitrogen and oxygen atoms in total. The molecule has 0 spiro atoms. The van der Waals surface area contributed by atoms with E-state index in [1.54, 1.807) is 24.3 Å². The molecule has 2 aromatic heterocycles. The molecule has 1 aliphatic rings. The summed E-state index contributed by atoms with van der Waals surface area (Å²) < 4.78 is 5.26. The van der Waals surface area contributed by atoms with Gasteiger partial charge in [0.15, 0.2) is 5.82 Å². The van der Waals surface area contributed by atoms with Crippen molar-refractivity contribution in [1.82, 2.24) is 10.1 Å². The van der Waals surface area contributed by atoms with Crippen molar-refractivity contribution in [2.24, 2.45) is 4.99 Å². The molecule has 19 heavy (non-hydrogen) atoms. The predicted molar refractivity (Wildman–Crippen MR) is 71.4 cm³/mol. The van der Waals surface area contributed by atoms with E-state index in [9.17, 15) is 4.79 Å². The van der Waals surface area contributed by atoms with Gasteiger partial charge >= 0.3 is 0 Å². The fraction of sp³-hybridized carbons (Fsp3) is 0.462. The zero-order valence-corrected chi connectivity index (χ0v) is 11.4. The number of aromatic nitrogens is 2. The topological polar surface area (TPSA) is 68.3 Å². The van der Waals surface area contributed by atoms with Gasteiger partial charge in [-0.1, -0.05) is 11.6 Å². The van der Waals surface area contributed by atoms with Crippen molar-refractivity contribution in [2.45, 2.75) is 39.0 Å². The highest BCUT2D eigenvalue weighted by atomic mass is 32.1. The quantitative estimate of drug-likeness (QED) is 0.479. The van der Waals surface area contributed by atoms with Gasteiger partial charge < -0.3 is 4.52 Å². The number of hydrogen-bond donors (Lipinski definition) is 0. The van der Waals surface area contributed by atoms with Gasteiger partial charge in [0.25, 0.3) is 5.89 Å². The Labute approximate surface area is 114 Å². The third-order valence-corrected chi connectivity index (χ3v) is 4.48. The van der Waals surface area contributed by atoms with Crippen molar-refractivity contribution >= 4 is 22.4 Å². The molecule has 0 bridgehead atoms. The van der Waals surface area contributed by atoms with E-state index in [-0.39, 0.29) is 0 Å². The number of thiophene rings is 1. The molecule has 6 heteroatoms. The Balaban J connectivity index is 2.19. The first-order chi connectivity index (χ1) is 9.29. The van der Waals surface area contributed by atoms with Crippen LogP contribution in [0, 0.1) is 6.92 Å². The van der Waals surface area contributed by atoms with E-state index in [1.165, 1.54) is 23.3 Å². The van der Waals surface area contributed by atoms with Crippen LogP contribution in [0.2, 0.25) is 0 Å². The minimum Gasteiger partial charge on any atom is -0.334 e. The second-order valence-electron chi connectivity index (χ2n) is 4.59. The molecule has 0 aromatic carbocycles. The van der Waals surface area contributed by atoms with E-state index in [0.717, 1.165) is 24.8 Å². The van der Waals surface area contributed by atoms with E-state index in [0.29, 0.717) is 16.7 Å². The maximum absolute atomic E-state index is 10.6. The Kier molecular flexibility index (Phi) is 3.27. The van der Waals surface area contributed by atoms with Crippen molar-refractivity contribution in [3.05, 3.63) is 16.3 Å². The zero-order valence-electron chi connectivity index (χ0n) is 10.6. The van der Waals surface area contributed by atoms with Gasteiger partial charge in [-0.3, -0.25) is 0 Å². The maximum Gasteiger partial charge on any atom is 0.261 e. The molecule has 2 heterocycles. The molecule has 0 amide bonds. The molecule has 0 saturated carbocycles. The number of aliphatic imine (C=N–C) groups is 1. The molecule has 0 atom stereocenters. The molecule has 1 aliphatic carbocycles. The molecule has 98 valence electrons. The van der Waals surface area contributed by atoms with Crippen LogP contribution in [0.1, 0.15) is 35.5 Å². The average molecular weight is 275 g/mol. The Morgan fingerprint density at radius 1 is 1.32 bits per heavy atom. The van der Waals surface area contributed by atoms with Crippen LogP contribution in [0.5, 0.6) is 0 Å². The lowest BCUT2D eigenvalue weighted by Gasteiger charge is -1.99. The van der Waals surface area contributed by atoms with Gasteiger partial charge in [-0.2, -0.15) is 9.98 Å². The standard InChI is InChI=1S/C13H13N3O2S/c1-8-15-12(18-16-8)11-9-5-3-2-4-6-10(9)19-13(11)14-7-17/h2-6H2,1H3. The van der Waals surface area contributed by atoms with Crippen LogP contribution >= 0.6 is 11.3 Å². The van der Waals surface area contributed by atoms with Crippen LogP contribution in [0.3, 0.4) is 0 Å². The summed E-state index contributed by atoms with van der Waals surface area (Å²) in [5, 5.41) is 4.47. The van der Waals surface area contributed by atoms with Crippen molar-refractivity contribution in [3.8, 4) is 11.5 Å². The molecular formula is C13H13N3O2S. The first kappa shape index (κ1) is 12.3. The number of rotatable bonds is 2. The lowest BCUT2D eigenvalue weighted by Crippen LogP contribution is -1.88. The number of fused-ring (bicyclic) bond motifs is 1. The van der Waals surface area contributed by atoms with E-state index < -0.39 is 0 Å². The number of hydrogen-bond acceptors (Lipinski definition) is 6. The van der Waals surface area contributed by atoms with Crippen molar-refractivity contribution < 1.29 is 9.32 Å². The lowest BCUT2D eigenvalue weighted by molar-refractivity contribution is 0.425. The van der Waals surface area contributed by atoms with Gasteiger partial charge in [0.05, 0.1) is 5.56 Å². The smallest absolute Gasteiger partial charge is 0.261 e. The van der Waals surface area contributed by atoms with Crippen molar-refractivity contribution in [2.75, 3.05) is 0 Å². The first-order valence-electron chi connectivity index (χ1n) is 6.32. The predicted octanol–water partition coefficient (Wildman–Crippen LogP) is 3.34. The molecule has 0 radical (unpaired) electrons. The lowest BCUT2D eigenvalue weighted by atomic mass is 10.1. The maximum atomic E-state index is 10.6. The second kappa shape index (κ2) is 5.07. The molecule has 3 rings (SSSR count). The molecular weight excluding hydrogens is 262 g/mol. The normalized spacial score (nSPS) is 14.6. The monoisotopic (exact) mass is 275 g/mol. The van der Waals surface area contributed by atoms with Gasteiger partial charge in [-0.05, 0) is 38.2 Å². The Morgan fingerprint density at radius 3 is 2.89 bits per heavy atom. The summed E-state index contributed by atoms with van der Waals surface area (Å²) in [6, 6.07) is 0. The molecule has 2 aromatic rings. The van der Waals surface area contributed by atoms with Gasteiger partial charge in [-0.15, -0.1) is 11.3 Å². The summed E-state index contributed by atoms with van der Waals surface area (Å²) in [6.07, 6.45) is 7.20. The summed E-state index contributed by atoms with van der Waals surface area (Å²) >= 11 is 1.55. The number of carbonyl (C=O) groups excluding carboxylic acids is 1. The molecule has 0 saturated heterocycles. The van der Waals surface area contributed by atoms with Gasteiger partial charge in [0.1, 0.15) is 5.00 Å². The number of aryl methyl sites for hydroxylation is 2. The minimum absolute atomic E-state index is 0.464. The molecule has 0 aliphatic heterocycles. The first-order valence-corrected chi connectivity index (χ1v) is 7.14. The van der Waals surface area contributed by atoms with E-state index in [1.807, 2.05) is 0 Å². The third-order valence-electron chi connectivity index (χ3n) is 3.29. The van der Waals surface area contributed by atoms with Crippen molar-refractivity contribution in [3.63, 3.8) is 0 Å². The highest BCUT2D eigenvalue weighted by molar-refractivity contribution is 7.16. The Morgan fingerprint density at radius 2 is 2.16 bits per heavy atom. The minimum atomic E-state index is 0.464. The van der Waals surface area contributed by atoms with Gasteiger partial charge in [-0.25, -0.2) is 4.79 Å². The number of nitrogens with zero attached hydrogens (tertiary/aromatic N) is 3. The molecule has 0 fully saturated rings. The highest BCUT2D eigenvalue weighted by Gasteiger charge is 2.24. The van der Waals surface area contributed by atoms with Gasteiger partial charge in [0.2, 0.25) is 6.08 Å². The molecule has 0 unspecified atom stereocenters. The third kappa shape index (κ3) is 2.25. The van der Waals surface area contributed by atoms with Crippen LogP contribution in [-0.2, 0) is 17.6 Å². The van der Waals surface area contributed by atoms with E-state index >= 15 is 0 Å². The Hall–Kier alpha value is -1.78. The summed E-state index contributed by atoms with van der Waals surface area (Å²) in [5.41, 5.74) is 2.06. The van der Waals surface area contributed by atoms with Crippen LogP contribution in [0.15, 0.2) is 9.52 Å². The van der Waals surface area contributed by atoms with Crippen LogP contribution in [0.4, 0.5) is 5.00 Å². The van der Waals surface area contributed by atoms with Crippen LogP contribution in [-0.4, -0.2) is 16.2 Å². The summed E-state index contributed by atoms with van der Waals surface area (Å²) in [7, 11) is 0. The van der Waals surface area contributed by atoms with Crippen LogP contribution < -0.4 is 0 Å².